The first-order valence-electron chi connectivity index (χ1n) is 6.44. The molecule has 92 valence electrons. The molecule has 0 amide bonds. The summed E-state index contributed by atoms with van der Waals surface area (Å²) in [4.78, 5) is 0. The minimum Gasteiger partial charge on any atom is -0.374 e. The highest BCUT2D eigenvalue weighted by Gasteiger charge is 2.41. The molecule has 3 fully saturated rings. The number of hydrogen-bond donors (Lipinski definition) is 1. The van der Waals surface area contributed by atoms with E-state index in [0.29, 0.717) is 12.2 Å². The van der Waals surface area contributed by atoms with Gasteiger partial charge in [0.15, 0.2) is 0 Å². The molecular formula is C12H21NO2S. The zero-order chi connectivity index (χ0) is 10.8. The summed E-state index contributed by atoms with van der Waals surface area (Å²) in [5.41, 5.74) is 0.166. The molecule has 1 N–H and O–H groups in total. The fourth-order valence-electron chi connectivity index (χ4n) is 2.98. The molecule has 3 rings (SSSR count). The van der Waals surface area contributed by atoms with Gasteiger partial charge in [-0.2, -0.15) is 11.8 Å². The van der Waals surface area contributed by atoms with Crippen molar-refractivity contribution in [3.63, 3.8) is 0 Å². The third-order valence-corrected chi connectivity index (χ3v) is 5.14. The van der Waals surface area contributed by atoms with E-state index in [1.807, 2.05) is 11.8 Å². The van der Waals surface area contributed by atoms with E-state index in [-0.39, 0.29) is 5.60 Å². The van der Waals surface area contributed by atoms with Crippen molar-refractivity contribution in [1.29, 1.82) is 0 Å². The van der Waals surface area contributed by atoms with E-state index in [1.165, 1.54) is 24.3 Å². The zero-order valence-electron chi connectivity index (χ0n) is 9.74. The molecule has 0 aromatic carbocycles. The van der Waals surface area contributed by atoms with Gasteiger partial charge in [0.05, 0.1) is 17.8 Å². The van der Waals surface area contributed by atoms with Crippen molar-refractivity contribution < 1.29 is 9.47 Å². The molecule has 3 unspecified atom stereocenters. The number of nitrogens with one attached hydrogen (secondary N) is 1. The Bertz CT molecular complexity index is 237. The highest BCUT2D eigenvalue weighted by molar-refractivity contribution is 7.99. The predicted octanol–water partition coefficient (Wildman–Crippen LogP) is 1.42. The number of hydrogen-bond acceptors (Lipinski definition) is 4. The van der Waals surface area contributed by atoms with E-state index in [4.69, 9.17) is 9.47 Å². The van der Waals surface area contributed by atoms with Crippen LogP contribution in [0.1, 0.15) is 25.7 Å². The van der Waals surface area contributed by atoms with Crippen LogP contribution in [-0.2, 0) is 9.47 Å². The van der Waals surface area contributed by atoms with Gasteiger partial charge in [0.25, 0.3) is 0 Å². The Kier molecular flexibility index (Phi) is 3.43. The lowest BCUT2D eigenvalue weighted by molar-refractivity contribution is -0.133. The zero-order valence-corrected chi connectivity index (χ0v) is 10.6. The van der Waals surface area contributed by atoms with Gasteiger partial charge in [0.1, 0.15) is 0 Å². The van der Waals surface area contributed by atoms with E-state index in [0.717, 1.165) is 32.5 Å². The van der Waals surface area contributed by atoms with E-state index in [2.05, 4.69) is 5.32 Å². The minimum atomic E-state index is 0.166. The Morgan fingerprint density at radius 3 is 3.06 bits per heavy atom. The van der Waals surface area contributed by atoms with Crippen LogP contribution in [0.2, 0.25) is 0 Å². The summed E-state index contributed by atoms with van der Waals surface area (Å²) in [5.74, 6) is 2.44. The highest BCUT2D eigenvalue weighted by Crippen LogP contribution is 2.39. The van der Waals surface area contributed by atoms with Crippen LogP contribution >= 0.6 is 11.8 Å². The second-order valence-electron chi connectivity index (χ2n) is 5.20. The summed E-state index contributed by atoms with van der Waals surface area (Å²) in [7, 11) is 0. The summed E-state index contributed by atoms with van der Waals surface area (Å²) in [6.07, 6.45) is 5.51. The lowest BCUT2D eigenvalue weighted by Crippen LogP contribution is -2.44. The Morgan fingerprint density at radius 1 is 1.31 bits per heavy atom. The normalized spacial score (nSPS) is 44.2. The molecule has 3 nitrogen and oxygen atoms in total. The topological polar surface area (TPSA) is 30.5 Å². The van der Waals surface area contributed by atoms with E-state index in [9.17, 15) is 0 Å². The summed E-state index contributed by atoms with van der Waals surface area (Å²) in [6, 6.07) is 0. The number of thioether (sulfide) groups is 1. The molecule has 3 saturated heterocycles. The average molecular weight is 243 g/mol. The highest BCUT2D eigenvalue weighted by atomic mass is 32.2. The van der Waals surface area contributed by atoms with Crippen molar-refractivity contribution in [3.05, 3.63) is 0 Å². The van der Waals surface area contributed by atoms with Gasteiger partial charge in [0.2, 0.25) is 0 Å². The maximum absolute atomic E-state index is 6.19. The summed E-state index contributed by atoms with van der Waals surface area (Å²) in [6.45, 7) is 3.05. The van der Waals surface area contributed by atoms with Crippen LogP contribution in [0.4, 0.5) is 0 Å². The van der Waals surface area contributed by atoms with Crippen LogP contribution < -0.4 is 5.32 Å². The summed E-state index contributed by atoms with van der Waals surface area (Å²) < 4.78 is 12.2. The number of rotatable bonds is 2. The smallest absolute Gasteiger partial charge is 0.0805 e. The van der Waals surface area contributed by atoms with Crippen LogP contribution in [0, 0.1) is 0 Å². The quantitative estimate of drug-likeness (QED) is 0.794. The van der Waals surface area contributed by atoms with E-state index < -0.39 is 0 Å². The first-order chi connectivity index (χ1) is 7.86. The molecule has 0 radical (unpaired) electrons. The average Bonchev–Trinajstić information content (AvgIpc) is 2.91. The van der Waals surface area contributed by atoms with Gasteiger partial charge < -0.3 is 14.8 Å². The van der Waals surface area contributed by atoms with Gasteiger partial charge >= 0.3 is 0 Å². The molecule has 0 bridgehead atoms. The molecule has 3 atom stereocenters. The molecule has 3 aliphatic heterocycles. The molecule has 0 aromatic rings. The SMILES string of the molecule is C1CC(OC2CCOC3(CCSC3)C2)CN1. The van der Waals surface area contributed by atoms with E-state index >= 15 is 0 Å². The van der Waals surface area contributed by atoms with Crippen molar-refractivity contribution in [3.8, 4) is 0 Å². The Hall–Kier alpha value is 0.230. The lowest BCUT2D eigenvalue weighted by atomic mass is 9.91. The summed E-state index contributed by atoms with van der Waals surface area (Å²) >= 11 is 2.03. The molecule has 0 saturated carbocycles. The molecule has 0 aliphatic carbocycles. The minimum absolute atomic E-state index is 0.166. The van der Waals surface area contributed by atoms with Crippen molar-refractivity contribution in [2.24, 2.45) is 0 Å². The third-order valence-electron chi connectivity index (χ3n) is 3.91. The molecule has 0 aromatic heterocycles. The maximum Gasteiger partial charge on any atom is 0.0805 e. The van der Waals surface area contributed by atoms with Gasteiger partial charge in [-0.3, -0.25) is 0 Å². The van der Waals surface area contributed by atoms with Crippen molar-refractivity contribution in [1.82, 2.24) is 5.32 Å². The standard InChI is InChI=1S/C12H21NO2S/c1-4-13-8-11(1)15-10-2-5-14-12(7-10)3-6-16-9-12/h10-11,13H,1-9H2. The largest absolute Gasteiger partial charge is 0.374 e. The second kappa shape index (κ2) is 4.84. The fourth-order valence-corrected chi connectivity index (χ4v) is 4.36. The second-order valence-corrected chi connectivity index (χ2v) is 6.30. The molecule has 3 heterocycles. The fraction of sp³-hybridized carbons (Fsp3) is 1.00. The third kappa shape index (κ3) is 2.40. The molecule has 4 heteroatoms. The van der Waals surface area contributed by atoms with Gasteiger partial charge in [-0.1, -0.05) is 0 Å². The Labute approximate surface area is 102 Å². The van der Waals surface area contributed by atoms with Crippen molar-refractivity contribution in [2.45, 2.75) is 43.5 Å². The van der Waals surface area contributed by atoms with Crippen molar-refractivity contribution >= 4 is 11.8 Å². The molecule has 16 heavy (non-hydrogen) atoms. The molecular weight excluding hydrogens is 222 g/mol. The van der Waals surface area contributed by atoms with Crippen LogP contribution in [0.15, 0.2) is 0 Å². The first kappa shape index (κ1) is 11.3. The van der Waals surface area contributed by atoms with Gasteiger partial charge in [-0.25, -0.2) is 0 Å². The number of ether oxygens (including phenoxy) is 2. The van der Waals surface area contributed by atoms with Gasteiger partial charge in [0, 0.05) is 25.3 Å². The van der Waals surface area contributed by atoms with Crippen LogP contribution in [0.3, 0.4) is 0 Å². The van der Waals surface area contributed by atoms with Crippen LogP contribution in [-0.4, -0.2) is 49.0 Å². The molecule has 3 aliphatic rings. The van der Waals surface area contributed by atoms with Gasteiger partial charge in [-0.05, 0) is 31.6 Å². The maximum atomic E-state index is 6.19. The Morgan fingerprint density at radius 2 is 2.31 bits per heavy atom. The van der Waals surface area contributed by atoms with Crippen LogP contribution in [0.25, 0.3) is 0 Å². The predicted molar refractivity (Wildman–Crippen MR) is 66.0 cm³/mol. The van der Waals surface area contributed by atoms with Crippen LogP contribution in [0.5, 0.6) is 0 Å². The molecule has 1 spiro atoms. The van der Waals surface area contributed by atoms with Gasteiger partial charge in [-0.15, -0.1) is 0 Å². The first-order valence-corrected chi connectivity index (χ1v) is 7.60. The monoisotopic (exact) mass is 243 g/mol. The summed E-state index contributed by atoms with van der Waals surface area (Å²) in [5, 5.41) is 3.36. The lowest BCUT2D eigenvalue weighted by Gasteiger charge is -2.38. The van der Waals surface area contributed by atoms with E-state index in [1.54, 1.807) is 0 Å². The Balaban J connectivity index is 1.55. The van der Waals surface area contributed by atoms with Crippen molar-refractivity contribution in [2.75, 3.05) is 31.2 Å².